The van der Waals surface area contributed by atoms with Crippen molar-refractivity contribution in [2.24, 2.45) is 0 Å². The van der Waals surface area contributed by atoms with Gasteiger partial charge in [-0.05, 0) is 0 Å². The standard InChI is InChI=1S/C8H17O.Al/c1-3-5-6-7-8-9-4-2;/h1,3-8H2,2H3;/q;+2. The Bertz CT molecular complexity index is 49.2. The molecule has 0 atom stereocenters. The van der Waals surface area contributed by atoms with Crippen molar-refractivity contribution in [2.45, 2.75) is 37.9 Å². The fourth-order valence-electron chi connectivity index (χ4n) is 0.846. The number of rotatable bonds is 7. The molecule has 56 valence electrons. The maximum atomic E-state index is 5.21. The van der Waals surface area contributed by atoms with Crippen LogP contribution in [0, 0.1) is 0 Å². The Morgan fingerprint density at radius 2 is 1.80 bits per heavy atom. The molecule has 0 aliphatic rings. The predicted molar refractivity (Wildman–Crippen MR) is 45.5 cm³/mol. The molecule has 0 heterocycles. The van der Waals surface area contributed by atoms with Gasteiger partial charge >= 0.3 is 72.1 Å². The van der Waals surface area contributed by atoms with E-state index in [1.54, 1.807) is 0 Å². The molecule has 0 rings (SSSR count). The molecule has 0 amide bonds. The molecule has 0 aromatic heterocycles. The zero-order valence-electron chi connectivity index (χ0n) is 6.94. The van der Waals surface area contributed by atoms with Crippen LogP contribution in [0.15, 0.2) is 0 Å². The van der Waals surface area contributed by atoms with Crippen LogP contribution >= 0.6 is 0 Å². The second-order valence-electron chi connectivity index (χ2n) is 2.40. The van der Waals surface area contributed by atoms with Gasteiger partial charge in [0.2, 0.25) is 0 Å². The van der Waals surface area contributed by atoms with Crippen LogP contribution in [0.4, 0.5) is 0 Å². The second-order valence-corrected chi connectivity index (χ2v) is 2.98. The Morgan fingerprint density at radius 1 is 1.10 bits per heavy atom. The van der Waals surface area contributed by atoms with Gasteiger partial charge in [-0.15, -0.1) is 0 Å². The summed E-state index contributed by atoms with van der Waals surface area (Å²) in [5.41, 5.74) is 0. The molecular formula is C8H17AlO+2. The molecule has 0 fully saturated rings. The summed E-state index contributed by atoms with van der Waals surface area (Å²) in [6, 6.07) is 0. The normalized spacial score (nSPS) is 10.3. The fraction of sp³-hybridized carbons (Fsp3) is 1.00. The molecule has 0 aromatic carbocycles. The monoisotopic (exact) mass is 156 g/mol. The zero-order chi connectivity index (χ0) is 7.66. The van der Waals surface area contributed by atoms with Gasteiger partial charge in [0.15, 0.2) is 0 Å². The van der Waals surface area contributed by atoms with Crippen molar-refractivity contribution in [3.63, 3.8) is 0 Å². The molecule has 0 saturated heterocycles. The van der Waals surface area contributed by atoms with Crippen LogP contribution in [0.2, 0.25) is 5.28 Å². The average molecular weight is 156 g/mol. The Hall–Kier alpha value is 0.492. The molecule has 0 N–H and O–H groups in total. The molecule has 0 spiro atoms. The van der Waals surface area contributed by atoms with Gasteiger partial charge in [-0.3, -0.25) is 0 Å². The van der Waals surface area contributed by atoms with Crippen molar-refractivity contribution in [3.05, 3.63) is 0 Å². The molecular weight excluding hydrogens is 139 g/mol. The van der Waals surface area contributed by atoms with E-state index in [9.17, 15) is 0 Å². The Balaban J connectivity index is 2.65. The summed E-state index contributed by atoms with van der Waals surface area (Å²) in [6.45, 7) is 3.86. The molecule has 0 aliphatic carbocycles. The van der Waals surface area contributed by atoms with Gasteiger partial charge in [-0.1, -0.05) is 0 Å². The van der Waals surface area contributed by atoms with E-state index in [-0.39, 0.29) is 0 Å². The van der Waals surface area contributed by atoms with E-state index in [0.29, 0.717) is 0 Å². The van der Waals surface area contributed by atoms with E-state index < -0.39 is 0 Å². The molecule has 10 heavy (non-hydrogen) atoms. The van der Waals surface area contributed by atoms with E-state index in [1.807, 2.05) is 6.92 Å². The summed E-state index contributed by atoms with van der Waals surface area (Å²) in [5, 5.41) is 1.24. The molecule has 0 aliphatic heterocycles. The van der Waals surface area contributed by atoms with E-state index in [0.717, 1.165) is 13.2 Å². The topological polar surface area (TPSA) is 9.23 Å². The molecule has 0 radical (unpaired) electrons. The van der Waals surface area contributed by atoms with Gasteiger partial charge in [-0.2, -0.15) is 0 Å². The number of ether oxygens (including phenoxy) is 1. The van der Waals surface area contributed by atoms with Crippen molar-refractivity contribution in [3.8, 4) is 0 Å². The van der Waals surface area contributed by atoms with Gasteiger partial charge in [0.25, 0.3) is 0 Å². The van der Waals surface area contributed by atoms with Gasteiger partial charge in [-0.25, -0.2) is 0 Å². The second kappa shape index (κ2) is 9.49. The molecule has 1 nitrogen and oxygen atoms in total. The first-order valence-corrected chi connectivity index (χ1v) is 5.01. The summed E-state index contributed by atoms with van der Waals surface area (Å²) >= 11 is 2.76. The van der Waals surface area contributed by atoms with Crippen LogP contribution in [0.1, 0.15) is 32.6 Å². The SMILES string of the molecule is CCOCCCCC[CH2][Al+2]. The van der Waals surface area contributed by atoms with Crippen LogP contribution in [-0.4, -0.2) is 29.5 Å². The zero-order valence-corrected chi connectivity index (χ0v) is 8.09. The third-order valence-electron chi connectivity index (χ3n) is 1.45. The number of hydrogen-bond acceptors (Lipinski definition) is 1. The number of unbranched alkanes of at least 4 members (excludes halogenated alkanes) is 3. The number of hydrogen-bond donors (Lipinski definition) is 0. The van der Waals surface area contributed by atoms with Gasteiger partial charge in [0.1, 0.15) is 0 Å². The first-order valence-electron chi connectivity index (χ1n) is 4.19. The van der Waals surface area contributed by atoms with E-state index in [4.69, 9.17) is 4.74 Å². The third-order valence-corrected chi connectivity index (χ3v) is 1.86. The van der Waals surface area contributed by atoms with Crippen molar-refractivity contribution in [1.29, 1.82) is 0 Å². The summed E-state index contributed by atoms with van der Waals surface area (Å²) in [5.74, 6) is 0. The first kappa shape index (κ1) is 10.5. The van der Waals surface area contributed by atoms with Gasteiger partial charge in [0.05, 0.1) is 0 Å². The summed E-state index contributed by atoms with van der Waals surface area (Å²) in [4.78, 5) is 0. The van der Waals surface area contributed by atoms with Crippen molar-refractivity contribution >= 4 is 16.3 Å². The first-order chi connectivity index (χ1) is 4.91. The van der Waals surface area contributed by atoms with Crippen LogP contribution in [0.25, 0.3) is 0 Å². The Labute approximate surface area is 72.6 Å². The van der Waals surface area contributed by atoms with Crippen molar-refractivity contribution < 1.29 is 4.74 Å². The molecule has 0 saturated carbocycles. The summed E-state index contributed by atoms with van der Waals surface area (Å²) in [7, 11) is 0. The van der Waals surface area contributed by atoms with E-state index in [2.05, 4.69) is 16.3 Å². The molecule has 0 aromatic rings. The molecule has 0 bridgehead atoms. The van der Waals surface area contributed by atoms with Crippen LogP contribution in [-0.2, 0) is 4.74 Å². The van der Waals surface area contributed by atoms with Crippen molar-refractivity contribution in [1.82, 2.24) is 0 Å². The predicted octanol–water partition coefficient (Wildman–Crippen LogP) is 2.17. The van der Waals surface area contributed by atoms with Gasteiger partial charge < -0.3 is 0 Å². The average Bonchev–Trinajstić information content (AvgIpc) is 1.97. The third kappa shape index (κ3) is 8.49. The Kier molecular flexibility index (Phi) is 9.96. The van der Waals surface area contributed by atoms with Crippen LogP contribution in [0.3, 0.4) is 0 Å². The minimum absolute atomic E-state index is 0.865. The van der Waals surface area contributed by atoms with Gasteiger partial charge in [0, 0.05) is 0 Å². The molecule has 0 unspecified atom stereocenters. The maximum absolute atomic E-state index is 5.21. The molecule has 2 heteroatoms. The minimum atomic E-state index is 0.865. The van der Waals surface area contributed by atoms with Crippen LogP contribution < -0.4 is 0 Å². The fourth-order valence-corrected chi connectivity index (χ4v) is 1.14. The summed E-state index contributed by atoms with van der Waals surface area (Å²) in [6.07, 6.45) is 5.26. The Morgan fingerprint density at radius 3 is 2.40 bits per heavy atom. The van der Waals surface area contributed by atoms with Crippen LogP contribution in [0.5, 0.6) is 0 Å². The van der Waals surface area contributed by atoms with E-state index in [1.165, 1.54) is 31.0 Å². The van der Waals surface area contributed by atoms with Crippen molar-refractivity contribution in [2.75, 3.05) is 13.2 Å². The summed E-state index contributed by atoms with van der Waals surface area (Å²) < 4.78 is 5.21. The van der Waals surface area contributed by atoms with E-state index >= 15 is 0 Å². The quantitative estimate of drug-likeness (QED) is 0.405.